The lowest BCUT2D eigenvalue weighted by atomic mass is 9.93. The number of nitrogens with two attached hydrogens (primary N) is 1. The van der Waals surface area contributed by atoms with E-state index in [1.807, 2.05) is 18.2 Å². The number of nitrogens with zero attached hydrogens (tertiary/aromatic N) is 1. The number of ether oxygens (including phenoxy) is 1. The van der Waals surface area contributed by atoms with Crippen molar-refractivity contribution in [2.24, 2.45) is 0 Å². The lowest BCUT2D eigenvalue weighted by Gasteiger charge is -2.18. The molecule has 144 valence electrons. The zero-order valence-corrected chi connectivity index (χ0v) is 14.6. The van der Waals surface area contributed by atoms with Crippen molar-refractivity contribution in [3.05, 3.63) is 47.0 Å². The van der Waals surface area contributed by atoms with Gasteiger partial charge in [0, 0.05) is 16.8 Å². The van der Waals surface area contributed by atoms with Gasteiger partial charge in [0.1, 0.15) is 6.10 Å². The second-order valence-electron chi connectivity index (χ2n) is 6.48. The zero-order valence-electron chi connectivity index (χ0n) is 14.6. The number of aliphatic hydroxyl groups is 4. The Bertz CT molecular complexity index is 895. The van der Waals surface area contributed by atoms with Gasteiger partial charge in [-0.15, -0.1) is 0 Å². The first-order chi connectivity index (χ1) is 12.9. The molecule has 1 aliphatic carbocycles. The highest BCUT2D eigenvalue weighted by Crippen LogP contribution is 2.30. The van der Waals surface area contributed by atoms with E-state index in [0.717, 1.165) is 29.4 Å². The van der Waals surface area contributed by atoms with Crippen LogP contribution in [0.5, 0.6) is 0 Å². The van der Waals surface area contributed by atoms with Crippen molar-refractivity contribution in [3.63, 3.8) is 0 Å². The molecule has 2 unspecified atom stereocenters. The first-order valence-corrected chi connectivity index (χ1v) is 8.72. The highest BCUT2D eigenvalue weighted by molar-refractivity contribution is 5.92. The second kappa shape index (κ2) is 7.81. The second-order valence-corrected chi connectivity index (χ2v) is 6.48. The third-order valence-corrected chi connectivity index (χ3v) is 4.69. The highest BCUT2D eigenvalue weighted by Gasteiger charge is 2.38. The number of pyridine rings is 1. The van der Waals surface area contributed by atoms with Crippen molar-refractivity contribution >= 4 is 22.6 Å². The van der Waals surface area contributed by atoms with Crippen LogP contribution in [0.3, 0.4) is 0 Å². The molecule has 1 aromatic heterocycles. The van der Waals surface area contributed by atoms with E-state index in [1.165, 1.54) is 24.1 Å². The van der Waals surface area contributed by atoms with E-state index in [4.69, 9.17) is 31.1 Å². The van der Waals surface area contributed by atoms with Crippen molar-refractivity contribution in [2.45, 2.75) is 37.9 Å². The van der Waals surface area contributed by atoms with Gasteiger partial charge in [0.25, 0.3) is 0 Å². The van der Waals surface area contributed by atoms with Gasteiger partial charge in [0.05, 0.1) is 12.1 Å². The van der Waals surface area contributed by atoms with Crippen molar-refractivity contribution in [1.82, 2.24) is 4.98 Å². The summed E-state index contributed by atoms with van der Waals surface area (Å²) >= 11 is 0. The van der Waals surface area contributed by atoms with E-state index in [-0.39, 0.29) is 0 Å². The van der Waals surface area contributed by atoms with Crippen LogP contribution in [0.4, 0.5) is 5.69 Å². The van der Waals surface area contributed by atoms with Gasteiger partial charge in [-0.05, 0) is 37.3 Å². The molecule has 0 saturated carbocycles. The molecule has 0 radical (unpaired) electrons. The van der Waals surface area contributed by atoms with E-state index in [2.05, 4.69) is 10.8 Å². The number of cyclic esters (lactones) is 1. The number of esters is 1. The lowest BCUT2D eigenvalue weighted by Crippen LogP contribution is -2.31. The minimum absolute atomic E-state index is 0.671. The summed E-state index contributed by atoms with van der Waals surface area (Å²) in [5, 5.41) is 36.2. The number of aryl methyl sites for hydroxylation is 1. The van der Waals surface area contributed by atoms with Crippen LogP contribution in [0.2, 0.25) is 0 Å². The van der Waals surface area contributed by atoms with Crippen molar-refractivity contribution in [3.8, 4) is 0 Å². The van der Waals surface area contributed by atoms with Crippen molar-refractivity contribution in [1.29, 1.82) is 0 Å². The zero-order chi connectivity index (χ0) is 19.6. The number of para-hydroxylation sites is 1. The fraction of sp³-hybridized carbons (Fsp3) is 0.368. The number of aromatic nitrogens is 1. The average molecular weight is 374 g/mol. The SMILES string of the molecule is Nc1c2c(nc3ccccc13)CCCC2.O=C1OC(C(O)CO)C(O)=C1O. The number of fused-ring (bicyclic) bond motifs is 2. The molecule has 0 fully saturated rings. The maximum atomic E-state index is 10.5. The Hall–Kier alpha value is -2.84. The molecule has 4 rings (SSSR count). The third kappa shape index (κ3) is 3.67. The average Bonchev–Trinajstić information content (AvgIpc) is 2.95. The minimum atomic E-state index is -1.42. The number of anilines is 1. The van der Waals surface area contributed by atoms with Crippen LogP contribution >= 0.6 is 0 Å². The van der Waals surface area contributed by atoms with Crippen LogP contribution in [0, 0.1) is 0 Å². The van der Waals surface area contributed by atoms with Crippen LogP contribution in [0.15, 0.2) is 35.8 Å². The van der Waals surface area contributed by atoms with Gasteiger partial charge in [-0.2, -0.15) is 0 Å². The lowest BCUT2D eigenvalue weighted by molar-refractivity contribution is -0.147. The topological polar surface area (TPSA) is 146 Å². The Morgan fingerprint density at radius 3 is 2.59 bits per heavy atom. The van der Waals surface area contributed by atoms with Gasteiger partial charge in [0.2, 0.25) is 5.76 Å². The third-order valence-electron chi connectivity index (χ3n) is 4.69. The van der Waals surface area contributed by atoms with Crippen LogP contribution in [-0.4, -0.2) is 50.2 Å². The fourth-order valence-electron chi connectivity index (χ4n) is 3.23. The molecule has 8 nitrogen and oxygen atoms in total. The summed E-state index contributed by atoms with van der Waals surface area (Å²) in [7, 11) is 0. The standard InChI is InChI=1S/C13H14N2.C6H8O6/c14-13-9-5-1-3-7-11(9)15-12-8-4-2-6-10(12)13;7-1-2(8)5-3(9)4(10)6(11)12-5/h1,3,5,7H,2,4,6,8H2,(H2,14,15);2,5,7-10H,1H2. The van der Waals surface area contributed by atoms with Crippen LogP contribution in [-0.2, 0) is 22.4 Å². The number of rotatable bonds is 2. The largest absolute Gasteiger partial charge is 0.505 e. The quantitative estimate of drug-likeness (QED) is 0.494. The minimum Gasteiger partial charge on any atom is -0.505 e. The van der Waals surface area contributed by atoms with Gasteiger partial charge < -0.3 is 30.9 Å². The summed E-state index contributed by atoms with van der Waals surface area (Å²) in [4.78, 5) is 15.2. The number of hydrogen-bond acceptors (Lipinski definition) is 8. The first-order valence-electron chi connectivity index (χ1n) is 8.72. The Balaban J connectivity index is 0.000000161. The Morgan fingerprint density at radius 1 is 1.22 bits per heavy atom. The van der Waals surface area contributed by atoms with Gasteiger partial charge in [-0.1, -0.05) is 18.2 Å². The molecule has 0 bridgehead atoms. The summed E-state index contributed by atoms with van der Waals surface area (Å²) < 4.78 is 4.32. The number of aliphatic hydroxyl groups excluding tert-OH is 4. The van der Waals surface area contributed by atoms with Gasteiger partial charge in [-0.25, -0.2) is 4.79 Å². The summed E-state index contributed by atoms with van der Waals surface area (Å²) in [5.74, 6) is -2.78. The number of carbonyl (C=O) groups excluding carboxylic acids is 1. The molecule has 2 atom stereocenters. The van der Waals surface area contributed by atoms with Crippen LogP contribution in [0.25, 0.3) is 10.9 Å². The molecule has 8 heteroatoms. The summed E-state index contributed by atoms with van der Waals surface area (Å²) in [6.45, 7) is -0.671. The van der Waals surface area contributed by atoms with E-state index >= 15 is 0 Å². The van der Waals surface area contributed by atoms with E-state index in [1.54, 1.807) is 0 Å². The smallest absolute Gasteiger partial charge is 0.377 e. The molecule has 0 saturated heterocycles. The summed E-state index contributed by atoms with van der Waals surface area (Å²) in [6.07, 6.45) is 1.90. The summed E-state index contributed by atoms with van der Waals surface area (Å²) in [6, 6.07) is 8.15. The number of nitrogen functional groups attached to an aromatic ring is 1. The maximum Gasteiger partial charge on any atom is 0.377 e. The number of hydrogen-bond donors (Lipinski definition) is 5. The van der Waals surface area contributed by atoms with Crippen LogP contribution < -0.4 is 5.73 Å². The molecule has 1 aromatic carbocycles. The first kappa shape index (κ1) is 18.9. The maximum absolute atomic E-state index is 10.5. The number of carbonyl (C=O) groups is 1. The predicted molar refractivity (Wildman–Crippen MR) is 98.1 cm³/mol. The Labute approximate surface area is 155 Å². The summed E-state index contributed by atoms with van der Waals surface area (Å²) in [5.41, 5.74) is 10.7. The van der Waals surface area contributed by atoms with Crippen molar-refractivity contribution in [2.75, 3.05) is 12.3 Å². The molecule has 2 aromatic rings. The van der Waals surface area contributed by atoms with Gasteiger partial charge in [-0.3, -0.25) is 4.98 Å². The van der Waals surface area contributed by atoms with E-state index < -0.39 is 36.3 Å². The van der Waals surface area contributed by atoms with E-state index in [0.29, 0.717) is 0 Å². The predicted octanol–water partition coefficient (Wildman–Crippen LogP) is 1.29. The number of benzene rings is 1. The normalized spacial score (nSPS) is 19.9. The molecule has 0 amide bonds. The van der Waals surface area contributed by atoms with E-state index in [9.17, 15) is 4.79 Å². The molecular formula is C19H22N2O6. The molecule has 27 heavy (non-hydrogen) atoms. The molecular weight excluding hydrogens is 352 g/mol. The van der Waals surface area contributed by atoms with Gasteiger partial charge >= 0.3 is 5.97 Å². The molecule has 6 N–H and O–H groups in total. The highest BCUT2D eigenvalue weighted by atomic mass is 16.6. The molecule has 2 heterocycles. The molecule has 0 spiro atoms. The Kier molecular flexibility index (Phi) is 5.48. The molecule has 2 aliphatic rings. The Morgan fingerprint density at radius 2 is 1.93 bits per heavy atom. The van der Waals surface area contributed by atoms with Crippen molar-refractivity contribution < 1.29 is 30.0 Å². The fourth-order valence-corrected chi connectivity index (χ4v) is 3.23. The molecule has 1 aliphatic heterocycles. The van der Waals surface area contributed by atoms with Crippen LogP contribution in [0.1, 0.15) is 24.1 Å². The van der Waals surface area contributed by atoms with Gasteiger partial charge in [0.15, 0.2) is 11.9 Å². The monoisotopic (exact) mass is 374 g/mol.